The standard InChI is InChI=1S/C12H18N2O/c1-4-10(13)12(15)14(3)11-8-6-5-7-9(11)2/h5-8,10H,4,13H2,1-3H3/t10-/m0/s1. The van der Waals surface area contributed by atoms with Crippen LogP contribution in [0, 0.1) is 6.92 Å². The maximum atomic E-state index is 11.8. The van der Waals surface area contributed by atoms with E-state index in [0.717, 1.165) is 11.3 Å². The van der Waals surface area contributed by atoms with Crippen LogP contribution in [0.25, 0.3) is 0 Å². The number of para-hydroxylation sites is 1. The predicted molar refractivity (Wildman–Crippen MR) is 62.9 cm³/mol. The predicted octanol–water partition coefficient (Wildman–Crippen LogP) is 1.70. The molecule has 0 aliphatic heterocycles. The molecular formula is C12H18N2O. The van der Waals surface area contributed by atoms with Crippen LogP contribution in [0.4, 0.5) is 5.69 Å². The first-order valence-electron chi connectivity index (χ1n) is 5.16. The number of anilines is 1. The number of aryl methyl sites for hydroxylation is 1. The first-order chi connectivity index (χ1) is 7.07. The van der Waals surface area contributed by atoms with Gasteiger partial charge >= 0.3 is 0 Å². The smallest absolute Gasteiger partial charge is 0.243 e. The van der Waals surface area contributed by atoms with Crippen LogP contribution >= 0.6 is 0 Å². The average molecular weight is 206 g/mol. The van der Waals surface area contributed by atoms with E-state index in [9.17, 15) is 4.79 Å². The van der Waals surface area contributed by atoms with Crippen LogP contribution in [-0.4, -0.2) is 19.0 Å². The van der Waals surface area contributed by atoms with Crippen molar-refractivity contribution in [3.8, 4) is 0 Å². The van der Waals surface area contributed by atoms with E-state index in [1.54, 1.807) is 11.9 Å². The summed E-state index contributed by atoms with van der Waals surface area (Å²) in [5.41, 5.74) is 7.72. The van der Waals surface area contributed by atoms with Crippen LogP contribution in [0.15, 0.2) is 24.3 Å². The third-order valence-corrected chi connectivity index (χ3v) is 2.56. The normalized spacial score (nSPS) is 12.3. The van der Waals surface area contributed by atoms with Crippen LogP contribution in [0.2, 0.25) is 0 Å². The first-order valence-corrected chi connectivity index (χ1v) is 5.16. The van der Waals surface area contributed by atoms with Crippen LogP contribution in [0.3, 0.4) is 0 Å². The topological polar surface area (TPSA) is 46.3 Å². The Balaban J connectivity index is 2.90. The maximum absolute atomic E-state index is 11.8. The minimum absolute atomic E-state index is 0.0354. The van der Waals surface area contributed by atoms with Crippen molar-refractivity contribution < 1.29 is 4.79 Å². The average Bonchev–Trinajstić information content (AvgIpc) is 2.26. The van der Waals surface area contributed by atoms with E-state index in [2.05, 4.69) is 0 Å². The van der Waals surface area contributed by atoms with Crippen molar-refractivity contribution in [2.24, 2.45) is 5.73 Å². The molecule has 0 bridgehead atoms. The van der Waals surface area contributed by atoms with E-state index in [1.165, 1.54) is 0 Å². The Kier molecular flexibility index (Phi) is 3.86. The van der Waals surface area contributed by atoms with Gasteiger partial charge in [0.2, 0.25) is 5.91 Å². The minimum atomic E-state index is -0.408. The van der Waals surface area contributed by atoms with Crippen molar-refractivity contribution in [3.63, 3.8) is 0 Å². The third kappa shape index (κ3) is 2.57. The van der Waals surface area contributed by atoms with Crippen LogP contribution < -0.4 is 10.6 Å². The number of rotatable bonds is 3. The van der Waals surface area contributed by atoms with Crippen LogP contribution in [-0.2, 0) is 4.79 Å². The Labute approximate surface area is 90.9 Å². The highest BCUT2D eigenvalue weighted by Gasteiger charge is 2.18. The Morgan fingerprint density at radius 1 is 1.47 bits per heavy atom. The molecule has 0 aromatic heterocycles. The fraction of sp³-hybridized carbons (Fsp3) is 0.417. The zero-order chi connectivity index (χ0) is 11.4. The molecule has 1 rings (SSSR count). The van der Waals surface area contributed by atoms with Gasteiger partial charge in [-0.25, -0.2) is 0 Å². The molecule has 1 aromatic rings. The van der Waals surface area contributed by atoms with Gasteiger partial charge < -0.3 is 10.6 Å². The Morgan fingerprint density at radius 2 is 2.07 bits per heavy atom. The molecule has 2 N–H and O–H groups in total. The van der Waals surface area contributed by atoms with Crippen molar-refractivity contribution in [2.75, 3.05) is 11.9 Å². The summed E-state index contributed by atoms with van der Waals surface area (Å²) in [6.45, 7) is 3.89. The second-order valence-corrected chi connectivity index (χ2v) is 3.70. The second-order valence-electron chi connectivity index (χ2n) is 3.70. The molecule has 0 heterocycles. The molecule has 0 fully saturated rings. The number of hydrogen-bond donors (Lipinski definition) is 1. The lowest BCUT2D eigenvalue weighted by atomic mass is 10.1. The van der Waals surface area contributed by atoms with Gasteiger partial charge in [0.15, 0.2) is 0 Å². The molecule has 0 aliphatic carbocycles. The monoisotopic (exact) mass is 206 g/mol. The highest BCUT2D eigenvalue weighted by atomic mass is 16.2. The molecule has 1 atom stereocenters. The molecule has 1 aromatic carbocycles. The summed E-state index contributed by atoms with van der Waals surface area (Å²) in [7, 11) is 1.76. The molecule has 0 saturated heterocycles. The quantitative estimate of drug-likeness (QED) is 0.818. The Hall–Kier alpha value is -1.35. The first kappa shape index (κ1) is 11.7. The van der Waals surface area contributed by atoms with E-state index < -0.39 is 6.04 Å². The van der Waals surface area contributed by atoms with Gasteiger partial charge in [-0.3, -0.25) is 4.79 Å². The van der Waals surface area contributed by atoms with E-state index in [1.807, 2.05) is 38.1 Å². The summed E-state index contributed by atoms with van der Waals surface area (Å²) >= 11 is 0. The van der Waals surface area contributed by atoms with Crippen molar-refractivity contribution >= 4 is 11.6 Å². The largest absolute Gasteiger partial charge is 0.320 e. The minimum Gasteiger partial charge on any atom is -0.320 e. The highest BCUT2D eigenvalue weighted by molar-refractivity contribution is 5.97. The summed E-state index contributed by atoms with van der Waals surface area (Å²) < 4.78 is 0. The van der Waals surface area contributed by atoms with E-state index >= 15 is 0 Å². The molecular weight excluding hydrogens is 188 g/mol. The summed E-state index contributed by atoms with van der Waals surface area (Å²) in [6.07, 6.45) is 0.662. The number of likely N-dealkylation sites (N-methyl/N-ethyl adjacent to an activating group) is 1. The number of carbonyl (C=O) groups is 1. The number of carbonyl (C=O) groups excluding carboxylic acids is 1. The van der Waals surface area contributed by atoms with E-state index in [-0.39, 0.29) is 5.91 Å². The van der Waals surface area contributed by atoms with Gasteiger partial charge in [0.1, 0.15) is 0 Å². The number of benzene rings is 1. The van der Waals surface area contributed by atoms with Crippen molar-refractivity contribution in [2.45, 2.75) is 26.3 Å². The fourth-order valence-electron chi connectivity index (χ4n) is 1.48. The SMILES string of the molecule is CC[C@H](N)C(=O)N(C)c1ccccc1C. The van der Waals surface area contributed by atoms with Gasteiger partial charge in [-0.15, -0.1) is 0 Å². The molecule has 3 heteroatoms. The van der Waals surface area contributed by atoms with E-state index in [0.29, 0.717) is 6.42 Å². The molecule has 0 unspecified atom stereocenters. The number of hydrogen-bond acceptors (Lipinski definition) is 2. The molecule has 0 saturated carbocycles. The lowest BCUT2D eigenvalue weighted by Gasteiger charge is -2.22. The molecule has 0 aliphatic rings. The summed E-state index contributed by atoms with van der Waals surface area (Å²) in [6, 6.07) is 7.38. The lowest BCUT2D eigenvalue weighted by Crippen LogP contribution is -2.41. The second kappa shape index (κ2) is 4.94. The molecule has 3 nitrogen and oxygen atoms in total. The lowest BCUT2D eigenvalue weighted by molar-refractivity contribution is -0.119. The molecule has 82 valence electrons. The van der Waals surface area contributed by atoms with Gasteiger partial charge in [0.25, 0.3) is 0 Å². The highest BCUT2D eigenvalue weighted by Crippen LogP contribution is 2.18. The molecule has 0 spiro atoms. The van der Waals surface area contributed by atoms with E-state index in [4.69, 9.17) is 5.73 Å². The zero-order valence-corrected chi connectivity index (χ0v) is 9.53. The summed E-state index contributed by atoms with van der Waals surface area (Å²) in [4.78, 5) is 13.5. The van der Waals surface area contributed by atoms with Gasteiger partial charge in [-0.2, -0.15) is 0 Å². The zero-order valence-electron chi connectivity index (χ0n) is 9.53. The molecule has 15 heavy (non-hydrogen) atoms. The van der Waals surface area contributed by atoms with Crippen molar-refractivity contribution in [1.82, 2.24) is 0 Å². The Bertz CT molecular complexity index is 349. The van der Waals surface area contributed by atoms with Gasteiger partial charge in [-0.1, -0.05) is 25.1 Å². The summed E-state index contributed by atoms with van der Waals surface area (Å²) in [5, 5.41) is 0. The van der Waals surface area contributed by atoms with Crippen molar-refractivity contribution in [3.05, 3.63) is 29.8 Å². The molecule has 1 amide bonds. The number of amides is 1. The third-order valence-electron chi connectivity index (χ3n) is 2.56. The maximum Gasteiger partial charge on any atom is 0.243 e. The van der Waals surface area contributed by atoms with Crippen molar-refractivity contribution in [1.29, 1.82) is 0 Å². The molecule has 0 radical (unpaired) electrons. The fourth-order valence-corrected chi connectivity index (χ4v) is 1.48. The Morgan fingerprint density at radius 3 is 2.60 bits per heavy atom. The van der Waals surface area contributed by atoms with Crippen LogP contribution in [0.1, 0.15) is 18.9 Å². The number of nitrogens with zero attached hydrogens (tertiary/aromatic N) is 1. The summed E-state index contributed by atoms with van der Waals surface area (Å²) in [5.74, 6) is -0.0354. The van der Waals surface area contributed by atoms with Gasteiger partial charge in [-0.05, 0) is 25.0 Å². The van der Waals surface area contributed by atoms with Gasteiger partial charge in [0.05, 0.1) is 6.04 Å². The number of nitrogens with two attached hydrogens (primary N) is 1. The van der Waals surface area contributed by atoms with Gasteiger partial charge in [0, 0.05) is 12.7 Å². The van der Waals surface area contributed by atoms with Crippen LogP contribution in [0.5, 0.6) is 0 Å².